The maximum atomic E-state index is 11.8. The van der Waals surface area contributed by atoms with Crippen molar-refractivity contribution >= 4 is 24.0 Å². The number of nitrogens with zero attached hydrogens (tertiary/aromatic N) is 2. The largest absolute Gasteiger partial charge is 0.326 e. The second-order valence-corrected chi connectivity index (χ2v) is 4.36. The predicted octanol–water partition coefficient (Wildman–Crippen LogP) is 1.69. The lowest BCUT2D eigenvalue weighted by atomic mass is 10.1. The Morgan fingerprint density at radius 2 is 2.05 bits per heavy atom. The van der Waals surface area contributed by atoms with Crippen LogP contribution < -0.4 is 10.6 Å². The van der Waals surface area contributed by atoms with Crippen LogP contribution >= 0.6 is 12.4 Å². The van der Waals surface area contributed by atoms with Crippen molar-refractivity contribution in [2.24, 2.45) is 5.92 Å². The highest BCUT2D eigenvalue weighted by Crippen LogP contribution is 2.17. The molecule has 108 valence electrons. The Morgan fingerprint density at radius 1 is 1.35 bits per heavy atom. The standard InChI is InChI=1S/C13H17N5O.ClH/c1-9(7-14-2)13(19)17-11-5-3-10(4-6-11)12-15-8-16-18-12;/h3-6,8-9,14H,7H2,1-2H3,(H,17,19)(H,15,16,18);1H. The maximum Gasteiger partial charge on any atom is 0.228 e. The first-order chi connectivity index (χ1) is 9.20. The van der Waals surface area contributed by atoms with E-state index in [-0.39, 0.29) is 24.2 Å². The van der Waals surface area contributed by atoms with Crippen LogP contribution in [0.5, 0.6) is 0 Å². The summed E-state index contributed by atoms with van der Waals surface area (Å²) in [5.74, 6) is 0.641. The first kappa shape index (κ1) is 16.1. The Kier molecular flexibility index (Phi) is 6.14. The molecule has 0 fully saturated rings. The lowest BCUT2D eigenvalue weighted by molar-refractivity contribution is -0.119. The molecule has 1 unspecified atom stereocenters. The van der Waals surface area contributed by atoms with Crippen molar-refractivity contribution in [3.8, 4) is 11.4 Å². The minimum Gasteiger partial charge on any atom is -0.326 e. The molecule has 0 radical (unpaired) electrons. The van der Waals surface area contributed by atoms with Gasteiger partial charge < -0.3 is 10.6 Å². The minimum absolute atomic E-state index is 0. The lowest BCUT2D eigenvalue weighted by Crippen LogP contribution is -2.28. The van der Waals surface area contributed by atoms with Crippen LogP contribution in [0, 0.1) is 5.92 Å². The molecule has 0 aliphatic carbocycles. The zero-order chi connectivity index (χ0) is 13.7. The summed E-state index contributed by atoms with van der Waals surface area (Å²) in [6.45, 7) is 2.54. The number of hydrogen-bond acceptors (Lipinski definition) is 4. The number of benzene rings is 1. The molecule has 1 amide bonds. The van der Waals surface area contributed by atoms with E-state index in [1.165, 1.54) is 6.33 Å². The molecule has 2 rings (SSSR count). The summed E-state index contributed by atoms with van der Waals surface area (Å²) in [4.78, 5) is 15.9. The van der Waals surface area contributed by atoms with Crippen molar-refractivity contribution in [2.45, 2.75) is 6.92 Å². The molecule has 3 N–H and O–H groups in total. The van der Waals surface area contributed by atoms with Gasteiger partial charge >= 0.3 is 0 Å². The number of aromatic nitrogens is 3. The van der Waals surface area contributed by atoms with Gasteiger partial charge in [0, 0.05) is 23.7 Å². The number of carbonyl (C=O) groups excluding carboxylic acids is 1. The molecule has 1 aromatic carbocycles. The molecular weight excluding hydrogens is 278 g/mol. The SMILES string of the molecule is CNCC(C)C(=O)Nc1ccc(-c2ncn[nH]2)cc1.Cl. The van der Waals surface area contributed by atoms with Crippen molar-refractivity contribution in [3.63, 3.8) is 0 Å². The fraction of sp³-hybridized carbons (Fsp3) is 0.308. The van der Waals surface area contributed by atoms with Crippen LogP contribution in [0.3, 0.4) is 0 Å². The van der Waals surface area contributed by atoms with Crippen LogP contribution in [0.25, 0.3) is 11.4 Å². The van der Waals surface area contributed by atoms with Gasteiger partial charge in [-0.15, -0.1) is 12.4 Å². The highest BCUT2D eigenvalue weighted by molar-refractivity contribution is 5.92. The third-order valence-corrected chi connectivity index (χ3v) is 2.80. The zero-order valence-corrected chi connectivity index (χ0v) is 12.2. The van der Waals surface area contributed by atoms with E-state index in [1.807, 2.05) is 38.2 Å². The first-order valence-electron chi connectivity index (χ1n) is 6.12. The summed E-state index contributed by atoms with van der Waals surface area (Å²) in [5.41, 5.74) is 1.70. The molecule has 2 aromatic rings. The van der Waals surface area contributed by atoms with E-state index in [0.29, 0.717) is 12.4 Å². The van der Waals surface area contributed by atoms with Gasteiger partial charge in [0.15, 0.2) is 5.82 Å². The normalized spacial score (nSPS) is 11.5. The number of amides is 1. The topological polar surface area (TPSA) is 82.7 Å². The minimum atomic E-state index is -0.0704. The molecule has 1 heterocycles. The van der Waals surface area contributed by atoms with Gasteiger partial charge in [0.05, 0.1) is 0 Å². The average molecular weight is 296 g/mol. The summed E-state index contributed by atoms with van der Waals surface area (Å²) < 4.78 is 0. The van der Waals surface area contributed by atoms with Gasteiger partial charge in [-0.2, -0.15) is 5.10 Å². The number of carbonyl (C=O) groups is 1. The quantitative estimate of drug-likeness (QED) is 0.784. The van der Waals surface area contributed by atoms with Gasteiger partial charge in [-0.3, -0.25) is 9.89 Å². The molecular formula is C13H18ClN5O. The second-order valence-electron chi connectivity index (χ2n) is 4.36. The number of rotatable bonds is 5. The zero-order valence-electron chi connectivity index (χ0n) is 11.4. The van der Waals surface area contributed by atoms with E-state index >= 15 is 0 Å². The van der Waals surface area contributed by atoms with E-state index in [9.17, 15) is 4.79 Å². The summed E-state index contributed by atoms with van der Waals surface area (Å²) in [7, 11) is 1.83. The highest BCUT2D eigenvalue weighted by Gasteiger charge is 2.11. The van der Waals surface area contributed by atoms with E-state index in [1.54, 1.807) is 0 Å². The van der Waals surface area contributed by atoms with E-state index in [0.717, 1.165) is 11.3 Å². The molecule has 0 aliphatic heterocycles. The number of halogens is 1. The van der Waals surface area contributed by atoms with E-state index in [2.05, 4.69) is 25.8 Å². The maximum absolute atomic E-state index is 11.8. The molecule has 20 heavy (non-hydrogen) atoms. The fourth-order valence-corrected chi connectivity index (χ4v) is 1.72. The van der Waals surface area contributed by atoms with Crippen molar-refractivity contribution in [3.05, 3.63) is 30.6 Å². The number of hydrogen-bond donors (Lipinski definition) is 3. The van der Waals surface area contributed by atoms with Crippen molar-refractivity contribution in [1.29, 1.82) is 0 Å². The Bertz CT molecular complexity index is 526. The Hall–Kier alpha value is -1.92. The molecule has 0 spiro atoms. The smallest absolute Gasteiger partial charge is 0.228 e. The number of H-pyrrole nitrogens is 1. The van der Waals surface area contributed by atoms with Crippen molar-refractivity contribution in [2.75, 3.05) is 18.9 Å². The van der Waals surface area contributed by atoms with Crippen LogP contribution in [0.4, 0.5) is 5.69 Å². The molecule has 6 nitrogen and oxygen atoms in total. The molecule has 1 aromatic heterocycles. The Balaban J connectivity index is 0.00000200. The summed E-state index contributed by atoms with van der Waals surface area (Å²) >= 11 is 0. The average Bonchev–Trinajstić information content (AvgIpc) is 2.94. The molecule has 0 saturated carbocycles. The van der Waals surface area contributed by atoms with Gasteiger partial charge in [-0.1, -0.05) is 6.92 Å². The summed E-state index contributed by atoms with van der Waals surface area (Å²) in [5, 5.41) is 12.4. The van der Waals surface area contributed by atoms with Crippen molar-refractivity contribution in [1.82, 2.24) is 20.5 Å². The summed E-state index contributed by atoms with van der Waals surface area (Å²) in [6.07, 6.45) is 1.46. The molecule has 7 heteroatoms. The molecule has 0 saturated heterocycles. The molecule has 0 bridgehead atoms. The van der Waals surface area contributed by atoms with E-state index in [4.69, 9.17) is 0 Å². The molecule has 0 aliphatic rings. The van der Waals surface area contributed by atoms with Gasteiger partial charge in [0.1, 0.15) is 6.33 Å². The van der Waals surface area contributed by atoms with Gasteiger partial charge in [0.2, 0.25) is 5.91 Å². The number of aromatic amines is 1. The van der Waals surface area contributed by atoms with Gasteiger partial charge in [0.25, 0.3) is 0 Å². The molecule has 1 atom stereocenters. The van der Waals surface area contributed by atoms with Crippen LogP contribution in [-0.2, 0) is 4.79 Å². The predicted molar refractivity (Wildman–Crippen MR) is 80.8 cm³/mol. The second kappa shape index (κ2) is 7.62. The Labute approximate surface area is 123 Å². The monoisotopic (exact) mass is 295 g/mol. The van der Waals surface area contributed by atoms with Crippen LogP contribution in [-0.4, -0.2) is 34.7 Å². The lowest BCUT2D eigenvalue weighted by Gasteiger charge is -2.11. The summed E-state index contributed by atoms with van der Waals surface area (Å²) in [6, 6.07) is 7.47. The van der Waals surface area contributed by atoms with Gasteiger partial charge in [-0.05, 0) is 31.3 Å². The van der Waals surface area contributed by atoms with Crippen LogP contribution in [0.15, 0.2) is 30.6 Å². The first-order valence-corrected chi connectivity index (χ1v) is 6.12. The Morgan fingerprint density at radius 3 is 2.60 bits per heavy atom. The fourth-order valence-electron chi connectivity index (χ4n) is 1.72. The van der Waals surface area contributed by atoms with Crippen molar-refractivity contribution < 1.29 is 4.79 Å². The number of nitrogens with one attached hydrogen (secondary N) is 3. The third kappa shape index (κ3) is 4.04. The number of anilines is 1. The van der Waals surface area contributed by atoms with Crippen LogP contribution in [0.2, 0.25) is 0 Å². The highest BCUT2D eigenvalue weighted by atomic mass is 35.5. The van der Waals surface area contributed by atoms with Gasteiger partial charge in [-0.25, -0.2) is 4.98 Å². The van der Waals surface area contributed by atoms with E-state index < -0.39 is 0 Å². The van der Waals surface area contributed by atoms with Crippen LogP contribution in [0.1, 0.15) is 6.92 Å². The third-order valence-electron chi connectivity index (χ3n) is 2.80.